The smallest absolute Gasteiger partial charge is 0.258 e. The van der Waals surface area contributed by atoms with Gasteiger partial charge in [-0.2, -0.15) is 0 Å². The van der Waals surface area contributed by atoms with Crippen LogP contribution in [0.5, 0.6) is 5.75 Å². The highest BCUT2D eigenvalue weighted by Gasteiger charge is 2.35. The van der Waals surface area contributed by atoms with E-state index in [2.05, 4.69) is 26.2 Å². The van der Waals surface area contributed by atoms with Crippen molar-refractivity contribution >= 4 is 21.8 Å². The molecule has 6 nitrogen and oxygen atoms in total. The Labute approximate surface area is 162 Å². The number of aromatic nitrogens is 1. The minimum atomic E-state index is -1.13. The van der Waals surface area contributed by atoms with Gasteiger partial charge in [-0.25, -0.2) is 0 Å². The molecule has 1 N–H and O–H groups in total. The first-order valence-electron chi connectivity index (χ1n) is 8.44. The number of hydrogen-bond donors (Lipinski definition) is 1. The normalized spacial score (nSPS) is 11.2. The maximum atomic E-state index is 12.2. The number of hydrogen-bond acceptors (Lipinski definition) is 5. The predicted octanol–water partition coefficient (Wildman–Crippen LogP) is 3.27. The van der Waals surface area contributed by atoms with Gasteiger partial charge in [0.1, 0.15) is 11.4 Å². The van der Waals surface area contributed by atoms with Gasteiger partial charge in [0.25, 0.3) is 5.91 Å². The van der Waals surface area contributed by atoms with E-state index in [1.807, 2.05) is 44.2 Å². The van der Waals surface area contributed by atoms with Crippen molar-refractivity contribution in [1.82, 2.24) is 10.3 Å². The standard InChI is InChI=1S/C19H23BrN2O4/c1-3-25-19(26-4-2,17-7-5-6-12-21-17)14-22-18(23)13-24-16-10-8-15(20)9-11-16/h5-12H,3-4,13-14H2,1-2H3,(H,22,23). The van der Waals surface area contributed by atoms with Gasteiger partial charge in [0.2, 0.25) is 5.79 Å². The highest BCUT2D eigenvalue weighted by molar-refractivity contribution is 9.10. The van der Waals surface area contributed by atoms with Crippen molar-refractivity contribution in [1.29, 1.82) is 0 Å². The van der Waals surface area contributed by atoms with Crippen molar-refractivity contribution in [2.45, 2.75) is 19.6 Å². The van der Waals surface area contributed by atoms with Crippen LogP contribution in [0.3, 0.4) is 0 Å². The average molecular weight is 423 g/mol. The Morgan fingerprint density at radius 2 is 1.81 bits per heavy atom. The van der Waals surface area contributed by atoms with Gasteiger partial charge < -0.3 is 19.5 Å². The molecule has 7 heteroatoms. The molecule has 1 aromatic carbocycles. The minimum Gasteiger partial charge on any atom is -0.484 e. The third-order valence-electron chi connectivity index (χ3n) is 3.51. The first-order chi connectivity index (χ1) is 12.6. The SMILES string of the molecule is CCOC(CNC(=O)COc1ccc(Br)cc1)(OCC)c1ccccn1. The minimum absolute atomic E-state index is 0.0990. The van der Waals surface area contributed by atoms with E-state index in [1.54, 1.807) is 18.3 Å². The summed E-state index contributed by atoms with van der Waals surface area (Å²) in [5.74, 6) is -0.778. The van der Waals surface area contributed by atoms with Crippen LogP contribution in [0.15, 0.2) is 53.1 Å². The maximum Gasteiger partial charge on any atom is 0.258 e. The van der Waals surface area contributed by atoms with Crippen LogP contribution in [0.4, 0.5) is 0 Å². The van der Waals surface area contributed by atoms with Crippen molar-refractivity contribution in [3.8, 4) is 5.75 Å². The Balaban J connectivity index is 1.99. The van der Waals surface area contributed by atoms with Gasteiger partial charge in [0, 0.05) is 23.9 Å². The number of pyridine rings is 1. The molecule has 1 amide bonds. The molecule has 26 heavy (non-hydrogen) atoms. The third-order valence-corrected chi connectivity index (χ3v) is 4.04. The number of nitrogens with zero attached hydrogens (tertiary/aromatic N) is 1. The monoisotopic (exact) mass is 422 g/mol. The second-order valence-corrected chi connectivity index (χ2v) is 6.27. The molecule has 0 aliphatic rings. The molecular formula is C19H23BrN2O4. The van der Waals surface area contributed by atoms with Crippen molar-refractivity contribution in [3.63, 3.8) is 0 Å². The summed E-state index contributed by atoms with van der Waals surface area (Å²) in [5.41, 5.74) is 0.609. The summed E-state index contributed by atoms with van der Waals surface area (Å²) in [7, 11) is 0. The first-order valence-corrected chi connectivity index (χ1v) is 9.23. The summed E-state index contributed by atoms with van der Waals surface area (Å²) >= 11 is 3.36. The van der Waals surface area contributed by atoms with Gasteiger partial charge in [-0.3, -0.25) is 9.78 Å². The molecule has 0 aliphatic carbocycles. The fourth-order valence-corrected chi connectivity index (χ4v) is 2.65. The van der Waals surface area contributed by atoms with E-state index < -0.39 is 5.79 Å². The van der Waals surface area contributed by atoms with E-state index in [0.29, 0.717) is 24.7 Å². The quantitative estimate of drug-likeness (QED) is 0.595. The Morgan fingerprint density at radius 1 is 1.12 bits per heavy atom. The van der Waals surface area contributed by atoms with E-state index in [4.69, 9.17) is 14.2 Å². The summed E-state index contributed by atoms with van der Waals surface area (Å²) in [6, 6.07) is 12.8. The lowest BCUT2D eigenvalue weighted by atomic mass is 10.1. The molecular weight excluding hydrogens is 400 g/mol. The summed E-state index contributed by atoms with van der Waals surface area (Å²) in [4.78, 5) is 16.5. The largest absolute Gasteiger partial charge is 0.484 e. The van der Waals surface area contributed by atoms with Gasteiger partial charge in [0.15, 0.2) is 6.61 Å². The lowest BCUT2D eigenvalue weighted by Gasteiger charge is -2.32. The number of rotatable bonds is 10. The summed E-state index contributed by atoms with van der Waals surface area (Å²) < 4.78 is 18.1. The van der Waals surface area contributed by atoms with E-state index in [9.17, 15) is 4.79 Å². The zero-order valence-electron chi connectivity index (χ0n) is 14.9. The first kappa shape index (κ1) is 20.4. The second kappa shape index (κ2) is 10.3. The Bertz CT molecular complexity index is 674. The van der Waals surface area contributed by atoms with Crippen molar-refractivity contribution < 1.29 is 19.0 Å². The molecule has 2 rings (SSSR count). The highest BCUT2D eigenvalue weighted by Crippen LogP contribution is 2.25. The number of carbonyl (C=O) groups excluding carboxylic acids is 1. The maximum absolute atomic E-state index is 12.2. The topological polar surface area (TPSA) is 69.7 Å². The van der Waals surface area contributed by atoms with Gasteiger partial charge in [-0.05, 0) is 50.2 Å². The molecule has 0 aliphatic heterocycles. The zero-order valence-corrected chi connectivity index (χ0v) is 16.5. The fourth-order valence-electron chi connectivity index (χ4n) is 2.38. The van der Waals surface area contributed by atoms with Gasteiger partial charge in [-0.15, -0.1) is 0 Å². The summed E-state index contributed by atoms with van der Waals surface area (Å²) in [5, 5.41) is 2.81. The van der Waals surface area contributed by atoms with Crippen LogP contribution in [0.2, 0.25) is 0 Å². The van der Waals surface area contributed by atoms with Crippen molar-refractivity contribution in [3.05, 3.63) is 58.8 Å². The molecule has 0 spiro atoms. The van der Waals surface area contributed by atoms with E-state index in [0.717, 1.165) is 4.47 Å². The van der Waals surface area contributed by atoms with Crippen LogP contribution in [0.25, 0.3) is 0 Å². The number of ether oxygens (including phenoxy) is 3. The van der Waals surface area contributed by atoms with Gasteiger partial charge in [0.05, 0.1) is 6.54 Å². The van der Waals surface area contributed by atoms with Crippen LogP contribution in [0, 0.1) is 0 Å². The summed E-state index contributed by atoms with van der Waals surface area (Å²) in [6.07, 6.45) is 1.67. The van der Waals surface area contributed by atoms with E-state index in [1.165, 1.54) is 0 Å². The molecule has 0 fully saturated rings. The number of nitrogens with one attached hydrogen (secondary N) is 1. The highest BCUT2D eigenvalue weighted by atomic mass is 79.9. The Morgan fingerprint density at radius 3 is 2.38 bits per heavy atom. The molecule has 2 aromatic rings. The Kier molecular flexibility index (Phi) is 8.03. The van der Waals surface area contributed by atoms with Crippen LogP contribution >= 0.6 is 15.9 Å². The van der Waals surface area contributed by atoms with Gasteiger partial charge >= 0.3 is 0 Å². The number of benzene rings is 1. The number of halogens is 1. The van der Waals surface area contributed by atoms with E-state index >= 15 is 0 Å². The second-order valence-electron chi connectivity index (χ2n) is 5.35. The van der Waals surface area contributed by atoms with Crippen LogP contribution in [-0.2, 0) is 20.1 Å². The molecule has 1 heterocycles. The van der Waals surface area contributed by atoms with Crippen LogP contribution in [-0.4, -0.2) is 37.3 Å². The molecule has 0 saturated heterocycles. The molecule has 0 radical (unpaired) electrons. The zero-order chi connectivity index (χ0) is 18.8. The average Bonchev–Trinajstić information content (AvgIpc) is 2.67. The molecule has 0 atom stereocenters. The lowest BCUT2D eigenvalue weighted by Crippen LogP contribution is -2.46. The molecule has 0 unspecified atom stereocenters. The third kappa shape index (κ3) is 5.79. The van der Waals surface area contributed by atoms with Crippen LogP contribution < -0.4 is 10.1 Å². The number of carbonyl (C=O) groups is 1. The van der Waals surface area contributed by atoms with Gasteiger partial charge in [-0.1, -0.05) is 22.0 Å². The molecule has 1 aromatic heterocycles. The lowest BCUT2D eigenvalue weighted by molar-refractivity contribution is -0.241. The predicted molar refractivity (Wildman–Crippen MR) is 102 cm³/mol. The fraction of sp³-hybridized carbons (Fsp3) is 0.368. The Hall–Kier alpha value is -1.96. The summed E-state index contributed by atoms with van der Waals surface area (Å²) in [6.45, 7) is 4.61. The molecule has 140 valence electrons. The van der Waals surface area contributed by atoms with Crippen LogP contribution in [0.1, 0.15) is 19.5 Å². The molecule has 0 bridgehead atoms. The molecule has 0 saturated carbocycles. The van der Waals surface area contributed by atoms with Crippen molar-refractivity contribution in [2.24, 2.45) is 0 Å². The van der Waals surface area contributed by atoms with E-state index in [-0.39, 0.29) is 19.1 Å². The van der Waals surface area contributed by atoms with Crippen molar-refractivity contribution in [2.75, 3.05) is 26.4 Å². The number of amides is 1.